The lowest BCUT2D eigenvalue weighted by Gasteiger charge is -2.24. The number of nitrogens with zero attached hydrogens (tertiary/aromatic N) is 4. The van der Waals surface area contributed by atoms with E-state index in [0.29, 0.717) is 25.8 Å². The van der Waals surface area contributed by atoms with Crippen molar-refractivity contribution in [3.8, 4) is 0 Å². The summed E-state index contributed by atoms with van der Waals surface area (Å²) in [5, 5.41) is 27.0. The van der Waals surface area contributed by atoms with Crippen LogP contribution in [0.15, 0.2) is 22.2 Å². The lowest BCUT2D eigenvalue weighted by atomic mass is 9.89. The number of carbonyl (C=O) groups is 5. The maximum Gasteiger partial charge on any atom is 0.409 e. The Kier molecular flexibility index (Phi) is 17.1. The van der Waals surface area contributed by atoms with Crippen LogP contribution in [0.4, 0.5) is 10.7 Å². The maximum atomic E-state index is 13.4. The monoisotopic (exact) mass is 793 g/mol. The molecule has 1 aliphatic heterocycles. The first kappa shape index (κ1) is 45.2. The molecule has 2 aromatic rings. The normalized spacial score (nSPS) is 19.0. The fourth-order valence-corrected chi connectivity index (χ4v) is 6.23. The van der Waals surface area contributed by atoms with E-state index in [1.54, 1.807) is 13.8 Å². The number of aliphatic hydroxyl groups excluding tert-OH is 2. The quantitative estimate of drug-likeness (QED) is 0.0195. The molecule has 1 saturated heterocycles. The predicted octanol–water partition coefficient (Wildman–Crippen LogP) is -2.54. The molecule has 0 saturated carbocycles. The number of fused-ring (bicyclic) bond motifs is 1. The average molecular weight is 794 g/mol. The van der Waals surface area contributed by atoms with Crippen LogP contribution in [-0.4, -0.2) is 121 Å². The fraction of sp³-hybridized carbons (Fsp3) is 0.647. The lowest BCUT2D eigenvalue weighted by molar-refractivity contribution is -0.132. The molecular weight excluding hydrogens is 738 g/mol. The molecule has 1 fully saturated rings. The number of hydrogen-bond donors (Lipinski definition) is 9. The summed E-state index contributed by atoms with van der Waals surface area (Å²) in [5.74, 6) is 2.18. The van der Waals surface area contributed by atoms with E-state index < -0.39 is 78.2 Å². The standard InChI is InChI=1S/C34H55N11O11/c1-5-14-44-25-28(40-32(36)41-30(25)52)45(33(44)53)31-27(50)26(49)21(56-31)17-55-34(54)43(4)15-13-38-29(51)19(9-6-7-12-35)16-20(46)24(18(2)3)39-22(47)10-8-11-23(48)42-37/h5,18-19,21,24,26-27,31,49-50H,1,6-17,35,37H2,2-4H3,(H,38,51)(H,39,47)(H,42,48)(H3,36,40,41,52)/t19-,21+,24+,26+,27+,31+/m1/s1. The van der Waals surface area contributed by atoms with Gasteiger partial charge in [0, 0.05) is 51.9 Å². The first-order valence-corrected chi connectivity index (χ1v) is 18.4. The van der Waals surface area contributed by atoms with Crippen molar-refractivity contribution in [3.05, 3.63) is 33.5 Å². The molecule has 0 unspecified atom stereocenters. The highest BCUT2D eigenvalue weighted by Gasteiger charge is 2.46. The number of hydrogen-bond acceptors (Lipinski definition) is 15. The summed E-state index contributed by atoms with van der Waals surface area (Å²) in [6.45, 7) is 6.88. The summed E-state index contributed by atoms with van der Waals surface area (Å²) in [4.78, 5) is 96.8. The number of nitrogen functional groups attached to an aromatic ring is 1. The van der Waals surface area contributed by atoms with E-state index in [1.807, 2.05) is 5.43 Å². The van der Waals surface area contributed by atoms with Gasteiger partial charge >= 0.3 is 11.8 Å². The highest BCUT2D eigenvalue weighted by molar-refractivity contribution is 5.92. The number of Topliss-reactive ketones (excluding diaryl/α,β-unsaturated/α-hetero) is 1. The Hall–Kier alpha value is -5.16. The summed E-state index contributed by atoms with van der Waals surface area (Å²) in [5.41, 5.74) is 11.5. The molecule has 6 atom stereocenters. The number of aromatic amines is 1. The van der Waals surface area contributed by atoms with Crippen molar-refractivity contribution in [3.63, 3.8) is 0 Å². The predicted molar refractivity (Wildman–Crippen MR) is 201 cm³/mol. The smallest absolute Gasteiger partial charge is 0.409 e. The van der Waals surface area contributed by atoms with E-state index in [0.717, 1.165) is 14.0 Å². The molecule has 22 heteroatoms. The van der Waals surface area contributed by atoms with E-state index >= 15 is 0 Å². The van der Waals surface area contributed by atoms with Crippen molar-refractivity contribution in [2.45, 2.75) is 95.9 Å². The third kappa shape index (κ3) is 11.7. The minimum atomic E-state index is -1.69. The van der Waals surface area contributed by atoms with Crippen LogP contribution in [0.25, 0.3) is 11.2 Å². The van der Waals surface area contributed by atoms with Crippen LogP contribution in [0.3, 0.4) is 0 Å². The Balaban J connectivity index is 1.57. The zero-order valence-electron chi connectivity index (χ0n) is 31.9. The van der Waals surface area contributed by atoms with Crippen LogP contribution in [0, 0.1) is 11.8 Å². The number of H-pyrrole nitrogens is 1. The van der Waals surface area contributed by atoms with Crippen LogP contribution in [0.1, 0.15) is 65.0 Å². The zero-order chi connectivity index (χ0) is 41.7. The molecule has 3 heterocycles. The number of hydrazine groups is 1. The second kappa shape index (κ2) is 21.2. The molecule has 0 aliphatic carbocycles. The van der Waals surface area contributed by atoms with Crippen LogP contribution >= 0.6 is 0 Å². The number of nitrogens with two attached hydrogens (primary N) is 3. The average Bonchev–Trinajstić information content (AvgIpc) is 3.58. The van der Waals surface area contributed by atoms with Crippen molar-refractivity contribution in [2.75, 3.05) is 39.0 Å². The number of amides is 4. The van der Waals surface area contributed by atoms with E-state index in [-0.39, 0.29) is 74.1 Å². The van der Waals surface area contributed by atoms with Gasteiger partial charge in [-0.25, -0.2) is 20.0 Å². The van der Waals surface area contributed by atoms with Crippen molar-refractivity contribution in [1.29, 1.82) is 0 Å². The number of imidazole rings is 1. The summed E-state index contributed by atoms with van der Waals surface area (Å²) in [7, 11) is 1.40. The number of aliphatic hydroxyl groups is 2. The van der Waals surface area contributed by atoms with Crippen LogP contribution in [0.2, 0.25) is 0 Å². The van der Waals surface area contributed by atoms with Crippen molar-refractivity contribution in [1.82, 2.24) is 40.1 Å². The number of likely N-dealkylation sites (N-methyl/N-ethyl adjacent to an activating group) is 1. The SMILES string of the molecule is C=CCn1c(=O)n([C@H]2O[C@@H](COC(=O)N(C)CCNC(=O)[C@H](CCCCN)CC(=O)[C@@H](NC(=O)CCCC(=O)NN)C(C)C)[C@H](O)[C@@H]2O)c2nc(N)[nH]c(=O)c21. The topological polar surface area (TPSA) is 334 Å². The number of ketones is 1. The third-order valence-electron chi connectivity index (χ3n) is 9.29. The molecule has 22 nitrogen and oxygen atoms in total. The highest BCUT2D eigenvalue weighted by atomic mass is 16.6. The van der Waals surface area contributed by atoms with E-state index in [1.165, 1.54) is 13.1 Å². The van der Waals surface area contributed by atoms with Gasteiger partial charge in [0.2, 0.25) is 23.7 Å². The number of carbonyl (C=O) groups excluding carboxylic acids is 5. The Labute approximate surface area is 322 Å². The molecule has 0 spiro atoms. The molecular formula is C34H55N11O11. The van der Waals surface area contributed by atoms with Gasteiger partial charge in [0.1, 0.15) is 24.9 Å². The Morgan fingerprint density at radius 1 is 1.11 bits per heavy atom. The zero-order valence-corrected chi connectivity index (χ0v) is 31.9. The van der Waals surface area contributed by atoms with Gasteiger partial charge in [-0.15, -0.1) is 6.58 Å². The summed E-state index contributed by atoms with van der Waals surface area (Å²) < 4.78 is 13.0. The van der Waals surface area contributed by atoms with Crippen LogP contribution in [-0.2, 0) is 35.2 Å². The van der Waals surface area contributed by atoms with Crippen molar-refractivity contribution in [2.24, 2.45) is 23.4 Å². The number of allylic oxidation sites excluding steroid dienone is 1. The summed E-state index contributed by atoms with van der Waals surface area (Å²) >= 11 is 0. The first-order valence-electron chi connectivity index (χ1n) is 18.4. The summed E-state index contributed by atoms with van der Waals surface area (Å²) in [6.07, 6.45) is -3.89. The maximum absolute atomic E-state index is 13.4. The first-order chi connectivity index (χ1) is 26.6. The van der Waals surface area contributed by atoms with Gasteiger partial charge in [-0.2, -0.15) is 4.98 Å². The number of ether oxygens (including phenoxy) is 2. The van der Waals surface area contributed by atoms with E-state index in [2.05, 4.69) is 27.2 Å². The van der Waals surface area contributed by atoms with Gasteiger partial charge < -0.3 is 46.7 Å². The molecule has 1 aliphatic rings. The molecule has 0 bridgehead atoms. The highest BCUT2D eigenvalue weighted by Crippen LogP contribution is 2.31. The number of aromatic nitrogens is 4. The molecule has 0 aromatic carbocycles. The molecule has 3 rings (SSSR count). The Morgan fingerprint density at radius 2 is 1.80 bits per heavy atom. The second-order valence-electron chi connectivity index (χ2n) is 13.9. The Bertz CT molecular complexity index is 1820. The number of nitrogens with one attached hydrogen (secondary N) is 4. The minimum absolute atomic E-state index is 0.0109. The molecule has 56 heavy (non-hydrogen) atoms. The molecule has 4 amide bonds. The third-order valence-corrected chi connectivity index (χ3v) is 9.29. The molecule has 312 valence electrons. The van der Waals surface area contributed by atoms with Crippen molar-refractivity contribution < 1.29 is 43.7 Å². The van der Waals surface area contributed by atoms with Crippen molar-refractivity contribution >= 4 is 46.7 Å². The molecule has 12 N–H and O–H groups in total. The number of rotatable bonds is 22. The minimum Gasteiger partial charge on any atom is -0.447 e. The molecule has 2 aromatic heterocycles. The van der Waals surface area contributed by atoms with E-state index in [4.69, 9.17) is 26.8 Å². The molecule has 0 radical (unpaired) electrons. The fourth-order valence-electron chi connectivity index (χ4n) is 6.23. The number of unbranched alkanes of at least 4 members (excludes halogenated alkanes) is 1. The van der Waals surface area contributed by atoms with Crippen LogP contribution < -0.4 is 44.6 Å². The summed E-state index contributed by atoms with van der Waals surface area (Å²) in [6, 6.07) is -0.853. The van der Waals surface area contributed by atoms with Gasteiger partial charge in [-0.1, -0.05) is 26.3 Å². The van der Waals surface area contributed by atoms with Gasteiger partial charge in [0.05, 0.1) is 6.04 Å². The van der Waals surface area contributed by atoms with Gasteiger partial charge in [-0.3, -0.25) is 38.9 Å². The Morgan fingerprint density at radius 3 is 2.45 bits per heavy atom. The van der Waals surface area contributed by atoms with Crippen LogP contribution in [0.5, 0.6) is 0 Å². The largest absolute Gasteiger partial charge is 0.447 e. The van der Waals surface area contributed by atoms with Gasteiger partial charge in [0.15, 0.2) is 23.2 Å². The van der Waals surface area contributed by atoms with E-state index in [9.17, 15) is 43.8 Å². The number of anilines is 1. The lowest BCUT2D eigenvalue weighted by Crippen LogP contribution is -2.46. The van der Waals surface area contributed by atoms with Gasteiger partial charge in [-0.05, 0) is 31.7 Å². The second-order valence-corrected chi connectivity index (χ2v) is 13.9. The van der Waals surface area contributed by atoms with Gasteiger partial charge in [0.25, 0.3) is 5.56 Å².